The SMILES string of the molecule is COc1ccc2c3c1O[C@H]1CC=C[C@]4(C=C2)N(C)CC[C@]314. The van der Waals surface area contributed by atoms with Gasteiger partial charge in [-0.15, -0.1) is 0 Å². The number of nitrogens with zero attached hydrogens (tertiary/aromatic N) is 1. The highest BCUT2D eigenvalue weighted by atomic mass is 16.5. The first-order valence-electron chi connectivity index (χ1n) is 7.69. The number of likely N-dealkylation sites (N-methyl/N-ethyl adjacent to an activating group) is 1. The molecule has 1 aromatic carbocycles. The molecule has 5 rings (SSSR count). The molecule has 0 N–H and O–H groups in total. The van der Waals surface area contributed by atoms with E-state index < -0.39 is 0 Å². The van der Waals surface area contributed by atoms with Gasteiger partial charge in [0.1, 0.15) is 6.10 Å². The van der Waals surface area contributed by atoms with Crippen LogP contribution in [0.25, 0.3) is 6.08 Å². The van der Waals surface area contributed by atoms with Crippen molar-refractivity contribution < 1.29 is 9.47 Å². The van der Waals surface area contributed by atoms with Crippen LogP contribution in [0.2, 0.25) is 0 Å². The third-order valence-corrected chi connectivity index (χ3v) is 6.06. The monoisotopic (exact) mass is 281 g/mol. The van der Waals surface area contributed by atoms with Crippen LogP contribution in [0.3, 0.4) is 0 Å². The minimum atomic E-state index is -0.0273. The highest BCUT2D eigenvalue weighted by molar-refractivity contribution is 5.74. The molecule has 2 aliphatic carbocycles. The lowest BCUT2D eigenvalue weighted by Gasteiger charge is -2.49. The molecule has 1 saturated heterocycles. The average Bonchev–Trinajstić information content (AvgIpc) is 3.01. The molecule has 4 aliphatic rings. The van der Waals surface area contributed by atoms with Crippen molar-refractivity contribution in [1.82, 2.24) is 4.90 Å². The van der Waals surface area contributed by atoms with Crippen molar-refractivity contribution in [3.63, 3.8) is 0 Å². The topological polar surface area (TPSA) is 21.7 Å². The van der Waals surface area contributed by atoms with Gasteiger partial charge in [-0.2, -0.15) is 0 Å². The van der Waals surface area contributed by atoms with Crippen LogP contribution in [0.5, 0.6) is 11.5 Å². The molecule has 0 aromatic heterocycles. The van der Waals surface area contributed by atoms with Crippen molar-refractivity contribution >= 4 is 6.08 Å². The maximum absolute atomic E-state index is 6.43. The van der Waals surface area contributed by atoms with Gasteiger partial charge in [-0.05, 0) is 25.1 Å². The van der Waals surface area contributed by atoms with E-state index in [1.54, 1.807) is 7.11 Å². The van der Waals surface area contributed by atoms with Crippen LogP contribution in [0.1, 0.15) is 24.0 Å². The van der Waals surface area contributed by atoms with Gasteiger partial charge in [0.15, 0.2) is 11.5 Å². The summed E-state index contributed by atoms with van der Waals surface area (Å²) in [6, 6.07) is 4.21. The summed E-state index contributed by atoms with van der Waals surface area (Å²) in [6.45, 7) is 1.10. The zero-order valence-corrected chi connectivity index (χ0v) is 12.4. The number of rotatable bonds is 1. The van der Waals surface area contributed by atoms with Crippen molar-refractivity contribution in [1.29, 1.82) is 0 Å². The summed E-state index contributed by atoms with van der Waals surface area (Å²) in [5.41, 5.74) is 2.71. The minimum absolute atomic E-state index is 0.0273. The van der Waals surface area contributed by atoms with Gasteiger partial charge in [-0.1, -0.05) is 30.4 Å². The molecule has 1 aromatic rings. The molecule has 0 amide bonds. The molecule has 108 valence electrons. The van der Waals surface area contributed by atoms with Crippen molar-refractivity contribution in [2.24, 2.45) is 0 Å². The normalized spacial score (nSPS) is 38.1. The molecule has 0 bridgehead atoms. The Morgan fingerprint density at radius 2 is 2.24 bits per heavy atom. The van der Waals surface area contributed by atoms with Crippen molar-refractivity contribution in [2.75, 3.05) is 20.7 Å². The van der Waals surface area contributed by atoms with Gasteiger partial charge in [0.2, 0.25) is 0 Å². The maximum atomic E-state index is 6.43. The Hall–Kier alpha value is -1.74. The fraction of sp³-hybridized carbons (Fsp3) is 0.444. The van der Waals surface area contributed by atoms with Crippen LogP contribution in [-0.2, 0) is 5.41 Å². The zero-order chi connectivity index (χ0) is 14.2. The molecule has 0 radical (unpaired) electrons. The highest BCUT2D eigenvalue weighted by Crippen LogP contribution is 2.64. The third kappa shape index (κ3) is 1.07. The second-order valence-corrected chi connectivity index (χ2v) is 6.61. The summed E-state index contributed by atoms with van der Waals surface area (Å²) in [5, 5.41) is 0. The highest BCUT2D eigenvalue weighted by Gasteiger charge is 2.67. The Morgan fingerprint density at radius 1 is 1.33 bits per heavy atom. The van der Waals surface area contributed by atoms with E-state index in [2.05, 4.69) is 42.3 Å². The van der Waals surface area contributed by atoms with E-state index in [0.29, 0.717) is 0 Å². The molecule has 0 saturated carbocycles. The van der Waals surface area contributed by atoms with E-state index in [9.17, 15) is 0 Å². The lowest BCUT2D eigenvalue weighted by Crippen LogP contribution is -2.59. The number of likely N-dealkylation sites (tertiary alicyclic amines) is 1. The molecule has 3 heteroatoms. The first-order valence-corrected chi connectivity index (χ1v) is 7.69. The summed E-state index contributed by atoms with van der Waals surface area (Å²) < 4.78 is 12.0. The molecular formula is C18H19NO2. The number of methoxy groups -OCH3 is 1. The van der Waals surface area contributed by atoms with Gasteiger partial charge in [0.25, 0.3) is 0 Å². The van der Waals surface area contributed by atoms with Gasteiger partial charge in [-0.25, -0.2) is 0 Å². The smallest absolute Gasteiger partial charge is 0.166 e. The number of hydrogen-bond acceptors (Lipinski definition) is 3. The number of hydrogen-bond donors (Lipinski definition) is 0. The predicted octanol–water partition coefficient (Wildman–Crippen LogP) is 2.76. The molecule has 0 unspecified atom stereocenters. The summed E-state index contributed by atoms with van der Waals surface area (Å²) >= 11 is 0. The summed E-state index contributed by atoms with van der Waals surface area (Å²) in [6.07, 6.45) is 11.7. The molecule has 2 aliphatic heterocycles. The Kier molecular flexibility index (Phi) is 1.99. The molecule has 21 heavy (non-hydrogen) atoms. The van der Waals surface area contributed by atoms with Crippen molar-refractivity contribution in [3.8, 4) is 11.5 Å². The van der Waals surface area contributed by atoms with Gasteiger partial charge >= 0.3 is 0 Å². The summed E-state index contributed by atoms with van der Waals surface area (Å²) in [7, 11) is 3.96. The van der Waals surface area contributed by atoms with Crippen LogP contribution in [0.4, 0.5) is 0 Å². The van der Waals surface area contributed by atoms with Crippen molar-refractivity contribution in [2.45, 2.75) is 29.9 Å². The van der Waals surface area contributed by atoms with Gasteiger partial charge < -0.3 is 9.47 Å². The lowest BCUT2D eigenvalue weighted by atomic mass is 9.57. The molecule has 3 atom stereocenters. The van der Waals surface area contributed by atoms with Crippen LogP contribution in [0.15, 0.2) is 30.4 Å². The average molecular weight is 281 g/mol. The van der Waals surface area contributed by atoms with Crippen LogP contribution in [-0.4, -0.2) is 37.2 Å². The predicted molar refractivity (Wildman–Crippen MR) is 81.9 cm³/mol. The van der Waals surface area contributed by atoms with Gasteiger partial charge in [0.05, 0.1) is 18.1 Å². The fourth-order valence-electron chi connectivity index (χ4n) is 5.12. The van der Waals surface area contributed by atoms with E-state index in [1.807, 2.05) is 6.07 Å². The maximum Gasteiger partial charge on any atom is 0.166 e. The van der Waals surface area contributed by atoms with E-state index >= 15 is 0 Å². The molecular weight excluding hydrogens is 262 g/mol. The molecule has 1 spiro atoms. The van der Waals surface area contributed by atoms with Crippen LogP contribution in [0, 0.1) is 0 Å². The van der Waals surface area contributed by atoms with E-state index in [0.717, 1.165) is 30.9 Å². The van der Waals surface area contributed by atoms with Crippen molar-refractivity contribution in [3.05, 3.63) is 41.5 Å². The molecule has 1 fully saturated rings. The van der Waals surface area contributed by atoms with Crippen LogP contribution < -0.4 is 9.47 Å². The Balaban J connectivity index is 1.89. The number of benzene rings is 1. The summed E-state index contributed by atoms with van der Waals surface area (Å²) in [4.78, 5) is 2.48. The number of ether oxygens (including phenoxy) is 2. The molecule has 3 nitrogen and oxygen atoms in total. The standard InChI is InChI=1S/C18H19NO2/c1-19-11-10-18-14-4-3-8-17(18,19)9-7-12-5-6-13(20-2)16(21-14)15(12)18/h3,5-9,14H,4,10-11H2,1-2H3/t14-,17+,18+/m0/s1. The quantitative estimate of drug-likeness (QED) is 0.739. The fourth-order valence-corrected chi connectivity index (χ4v) is 5.12. The van der Waals surface area contributed by atoms with Gasteiger partial charge in [0, 0.05) is 18.5 Å². The minimum Gasteiger partial charge on any atom is -0.493 e. The second-order valence-electron chi connectivity index (χ2n) is 6.61. The second kappa shape index (κ2) is 3.53. The Morgan fingerprint density at radius 3 is 3.10 bits per heavy atom. The Labute approximate surface area is 124 Å². The zero-order valence-electron chi connectivity index (χ0n) is 12.4. The van der Waals surface area contributed by atoms with E-state index in [-0.39, 0.29) is 17.1 Å². The Bertz CT molecular complexity index is 707. The summed E-state index contributed by atoms with van der Waals surface area (Å²) in [5.74, 6) is 1.85. The molecule has 2 heterocycles. The lowest BCUT2D eigenvalue weighted by molar-refractivity contribution is 0.0874. The van der Waals surface area contributed by atoms with Crippen LogP contribution >= 0.6 is 0 Å². The first-order chi connectivity index (χ1) is 10.2. The first kappa shape index (κ1) is 11.9. The third-order valence-electron chi connectivity index (χ3n) is 6.06. The van der Waals surface area contributed by atoms with Gasteiger partial charge in [-0.3, -0.25) is 4.90 Å². The largest absolute Gasteiger partial charge is 0.493 e. The van der Waals surface area contributed by atoms with E-state index in [4.69, 9.17) is 9.47 Å². The van der Waals surface area contributed by atoms with E-state index in [1.165, 1.54) is 11.1 Å².